The van der Waals surface area contributed by atoms with Gasteiger partial charge in [0, 0.05) is 30.0 Å². The molecule has 1 aromatic heterocycles. The van der Waals surface area contributed by atoms with Crippen LogP contribution in [0, 0.1) is 6.92 Å². The first-order valence-corrected chi connectivity index (χ1v) is 8.71. The van der Waals surface area contributed by atoms with Crippen molar-refractivity contribution in [2.24, 2.45) is 0 Å². The zero-order valence-corrected chi connectivity index (χ0v) is 14.0. The number of hydrogen-bond acceptors (Lipinski definition) is 4. The van der Waals surface area contributed by atoms with Crippen molar-refractivity contribution < 1.29 is 13.2 Å². The minimum Gasteiger partial charge on any atom is -0.351 e. The molecule has 0 atom stereocenters. The van der Waals surface area contributed by atoms with Gasteiger partial charge in [0.2, 0.25) is 10.0 Å². The lowest BCUT2D eigenvalue weighted by Crippen LogP contribution is -2.34. The van der Waals surface area contributed by atoms with Crippen LogP contribution in [0.4, 0.5) is 0 Å². The summed E-state index contributed by atoms with van der Waals surface area (Å²) in [5.41, 5.74) is 1.24. The number of benzene rings is 1. The quantitative estimate of drug-likeness (QED) is 0.774. The van der Waals surface area contributed by atoms with Gasteiger partial charge < -0.3 is 5.32 Å². The summed E-state index contributed by atoms with van der Waals surface area (Å²) in [6, 6.07) is 9.36. The summed E-state index contributed by atoms with van der Waals surface area (Å²) in [6.07, 6.45) is 1.47. The van der Waals surface area contributed by atoms with E-state index in [1.54, 1.807) is 24.3 Å². The van der Waals surface area contributed by atoms with Crippen LogP contribution in [0.25, 0.3) is 0 Å². The molecule has 0 saturated carbocycles. The zero-order chi connectivity index (χ0) is 16.9. The number of carbonyl (C=O) groups is 1. The highest BCUT2D eigenvalue weighted by Crippen LogP contribution is 2.14. The lowest BCUT2D eigenvalue weighted by atomic mass is 10.2. The van der Waals surface area contributed by atoms with Crippen LogP contribution in [-0.4, -0.2) is 32.4 Å². The maximum absolute atomic E-state index is 12.0. The number of nitrogens with one attached hydrogen (secondary N) is 2. The summed E-state index contributed by atoms with van der Waals surface area (Å²) in [7, 11) is -3.65. The molecule has 2 rings (SSSR count). The van der Waals surface area contributed by atoms with Gasteiger partial charge in [-0.15, -0.1) is 0 Å². The van der Waals surface area contributed by atoms with E-state index in [2.05, 4.69) is 15.0 Å². The summed E-state index contributed by atoms with van der Waals surface area (Å²) in [5, 5.41) is 2.96. The van der Waals surface area contributed by atoms with Gasteiger partial charge in [-0.3, -0.25) is 9.78 Å². The molecule has 2 aromatic rings. The highest BCUT2D eigenvalue weighted by molar-refractivity contribution is 7.89. The lowest BCUT2D eigenvalue weighted by Gasteiger charge is -2.08. The number of aryl methyl sites for hydroxylation is 1. The molecule has 0 aliphatic heterocycles. The minimum absolute atomic E-state index is 0.0693. The van der Waals surface area contributed by atoms with Crippen molar-refractivity contribution in [3.63, 3.8) is 0 Å². The molecule has 8 heteroatoms. The molecule has 0 fully saturated rings. The predicted molar refractivity (Wildman–Crippen MR) is 87.9 cm³/mol. The molecule has 0 spiro atoms. The smallest absolute Gasteiger partial charge is 0.252 e. The van der Waals surface area contributed by atoms with E-state index in [1.807, 2.05) is 6.92 Å². The second-order valence-corrected chi connectivity index (χ2v) is 7.00. The van der Waals surface area contributed by atoms with Crippen molar-refractivity contribution in [3.05, 3.63) is 58.9 Å². The SMILES string of the molecule is Cc1ccc(C(=O)NCCNS(=O)(=O)c2cccc(Cl)c2)cn1. The van der Waals surface area contributed by atoms with Crippen LogP contribution in [0.3, 0.4) is 0 Å². The number of carbonyl (C=O) groups excluding carboxylic acids is 1. The fourth-order valence-corrected chi connectivity index (χ4v) is 3.12. The van der Waals surface area contributed by atoms with E-state index in [4.69, 9.17) is 11.6 Å². The van der Waals surface area contributed by atoms with Gasteiger partial charge in [0.05, 0.1) is 10.5 Å². The number of rotatable bonds is 6. The third kappa shape index (κ3) is 5.02. The van der Waals surface area contributed by atoms with E-state index in [-0.39, 0.29) is 23.9 Å². The third-order valence-electron chi connectivity index (χ3n) is 2.98. The Bertz CT molecular complexity index is 792. The van der Waals surface area contributed by atoms with E-state index in [0.29, 0.717) is 10.6 Å². The van der Waals surface area contributed by atoms with E-state index < -0.39 is 10.0 Å². The van der Waals surface area contributed by atoms with E-state index >= 15 is 0 Å². The van der Waals surface area contributed by atoms with Gasteiger partial charge in [0.1, 0.15) is 0 Å². The summed E-state index contributed by atoms with van der Waals surface area (Å²) in [6.45, 7) is 2.05. The first kappa shape index (κ1) is 17.4. The molecular weight excluding hydrogens is 338 g/mol. The average molecular weight is 354 g/mol. The van der Waals surface area contributed by atoms with Crippen molar-refractivity contribution >= 4 is 27.5 Å². The molecule has 1 aromatic carbocycles. The van der Waals surface area contributed by atoms with Crippen LogP contribution in [0.5, 0.6) is 0 Å². The van der Waals surface area contributed by atoms with Gasteiger partial charge in [-0.1, -0.05) is 17.7 Å². The molecule has 0 unspecified atom stereocenters. The number of pyridine rings is 1. The molecule has 0 bridgehead atoms. The Morgan fingerprint density at radius 1 is 1.22 bits per heavy atom. The van der Waals surface area contributed by atoms with E-state index in [1.165, 1.54) is 18.3 Å². The standard InChI is InChI=1S/C15H16ClN3O3S/c1-11-5-6-12(10-18-11)15(20)17-7-8-19-23(21,22)14-4-2-3-13(16)9-14/h2-6,9-10,19H,7-8H2,1H3,(H,17,20). The fraction of sp³-hybridized carbons (Fsp3) is 0.200. The zero-order valence-electron chi connectivity index (χ0n) is 12.4. The van der Waals surface area contributed by atoms with Crippen LogP contribution in [-0.2, 0) is 10.0 Å². The first-order valence-electron chi connectivity index (χ1n) is 6.84. The molecule has 0 radical (unpaired) electrons. The summed E-state index contributed by atoms with van der Waals surface area (Å²) in [5.74, 6) is -0.306. The number of nitrogens with zero attached hydrogens (tertiary/aromatic N) is 1. The number of sulfonamides is 1. The Morgan fingerprint density at radius 3 is 2.65 bits per heavy atom. The van der Waals surface area contributed by atoms with Crippen LogP contribution < -0.4 is 10.0 Å². The summed E-state index contributed by atoms with van der Waals surface area (Å²) < 4.78 is 26.5. The molecule has 2 N–H and O–H groups in total. The lowest BCUT2D eigenvalue weighted by molar-refractivity contribution is 0.0954. The van der Waals surface area contributed by atoms with Crippen molar-refractivity contribution in [2.75, 3.05) is 13.1 Å². The van der Waals surface area contributed by atoms with Crippen LogP contribution in [0.2, 0.25) is 5.02 Å². The third-order valence-corrected chi connectivity index (χ3v) is 4.68. The molecule has 0 saturated heterocycles. The molecule has 6 nitrogen and oxygen atoms in total. The highest BCUT2D eigenvalue weighted by atomic mass is 35.5. The second-order valence-electron chi connectivity index (χ2n) is 4.80. The molecule has 1 heterocycles. The van der Waals surface area contributed by atoms with Gasteiger partial charge in [-0.2, -0.15) is 0 Å². The molecular formula is C15H16ClN3O3S. The molecule has 1 amide bonds. The monoisotopic (exact) mass is 353 g/mol. The van der Waals surface area contributed by atoms with Crippen molar-refractivity contribution in [1.29, 1.82) is 0 Å². The maximum Gasteiger partial charge on any atom is 0.252 e. The summed E-state index contributed by atoms with van der Waals surface area (Å²) >= 11 is 5.78. The summed E-state index contributed by atoms with van der Waals surface area (Å²) in [4.78, 5) is 16.0. The topological polar surface area (TPSA) is 88.2 Å². The van der Waals surface area contributed by atoms with Gasteiger partial charge in [0.15, 0.2) is 0 Å². The number of aromatic nitrogens is 1. The highest BCUT2D eigenvalue weighted by Gasteiger charge is 2.13. The van der Waals surface area contributed by atoms with Crippen molar-refractivity contribution in [1.82, 2.24) is 15.0 Å². The first-order chi connectivity index (χ1) is 10.9. The Hall–Kier alpha value is -1.96. The minimum atomic E-state index is -3.65. The number of amides is 1. The van der Waals surface area contributed by atoms with Gasteiger partial charge in [0.25, 0.3) is 5.91 Å². The van der Waals surface area contributed by atoms with Crippen molar-refractivity contribution in [3.8, 4) is 0 Å². The molecule has 0 aliphatic carbocycles. The Balaban J connectivity index is 1.85. The molecule has 122 valence electrons. The van der Waals surface area contributed by atoms with Crippen molar-refractivity contribution in [2.45, 2.75) is 11.8 Å². The van der Waals surface area contributed by atoms with Crippen LogP contribution >= 0.6 is 11.6 Å². The fourth-order valence-electron chi connectivity index (χ4n) is 1.78. The van der Waals surface area contributed by atoms with Crippen LogP contribution in [0.15, 0.2) is 47.5 Å². The maximum atomic E-state index is 12.0. The molecule has 0 aliphatic rings. The number of halogens is 1. The van der Waals surface area contributed by atoms with E-state index in [0.717, 1.165) is 5.69 Å². The largest absolute Gasteiger partial charge is 0.351 e. The average Bonchev–Trinajstić information content (AvgIpc) is 2.52. The second kappa shape index (κ2) is 7.54. The van der Waals surface area contributed by atoms with Crippen LogP contribution in [0.1, 0.15) is 16.1 Å². The Labute approximate surface area is 139 Å². The van der Waals surface area contributed by atoms with Gasteiger partial charge in [-0.25, -0.2) is 13.1 Å². The van der Waals surface area contributed by atoms with E-state index in [9.17, 15) is 13.2 Å². The normalized spacial score (nSPS) is 11.2. The Kier molecular flexibility index (Phi) is 5.70. The molecule has 23 heavy (non-hydrogen) atoms. The Morgan fingerprint density at radius 2 is 2.00 bits per heavy atom. The predicted octanol–water partition coefficient (Wildman–Crippen LogP) is 1.75. The van der Waals surface area contributed by atoms with Gasteiger partial charge >= 0.3 is 0 Å². The number of hydrogen-bond donors (Lipinski definition) is 2. The van der Waals surface area contributed by atoms with Gasteiger partial charge in [-0.05, 0) is 37.3 Å².